The van der Waals surface area contributed by atoms with E-state index >= 15 is 4.39 Å². The van der Waals surface area contributed by atoms with Crippen LogP contribution in [0.5, 0.6) is 0 Å². The predicted octanol–water partition coefficient (Wildman–Crippen LogP) is 5.76. The molecule has 184 valence electrons. The van der Waals surface area contributed by atoms with Crippen LogP contribution in [0.3, 0.4) is 0 Å². The summed E-state index contributed by atoms with van der Waals surface area (Å²) in [6.45, 7) is 9.88. The molecule has 4 nitrogen and oxygen atoms in total. The van der Waals surface area contributed by atoms with Gasteiger partial charge in [0.25, 0.3) is 0 Å². The smallest absolute Gasteiger partial charge is 0.303 e. The second kappa shape index (κ2) is 8.70. The molecule has 7 heteroatoms. The number of methoxy groups -OCH3 is 1. The highest BCUT2D eigenvalue weighted by molar-refractivity contribution is 8.18. The Morgan fingerprint density at radius 3 is 2.42 bits per heavy atom. The molecule has 0 amide bonds. The van der Waals surface area contributed by atoms with Gasteiger partial charge in [-0.1, -0.05) is 32.4 Å². The second-order valence-corrected chi connectivity index (χ2v) is 13.6. The molecular weight excluding hydrogens is 459 g/mol. The van der Waals surface area contributed by atoms with Crippen molar-refractivity contribution in [3.05, 3.63) is 23.8 Å². The lowest BCUT2D eigenvalue weighted by molar-refractivity contribution is -0.209. The lowest BCUT2D eigenvalue weighted by atomic mass is 9.46. The highest BCUT2D eigenvalue weighted by Crippen LogP contribution is 2.74. The van der Waals surface area contributed by atoms with Crippen LogP contribution in [0, 0.1) is 22.7 Å². The van der Waals surface area contributed by atoms with Gasteiger partial charge in [-0.25, -0.2) is 4.39 Å². The fourth-order valence-corrected chi connectivity index (χ4v) is 11.5. The van der Waals surface area contributed by atoms with Crippen molar-refractivity contribution in [2.24, 2.45) is 22.7 Å². The summed E-state index contributed by atoms with van der Waals surface area (Å²) in [6, 6.07) is 0. The molecule has 0 aliphatic heterocycles. The summed E-state index contributed by atoms with van der Waals surface area (Å²) in [5.41, 5.74) is -2.17. The van der Waals surface area contributed by atoms with Crippen LogP contribution in [0.1, 0.15) is 60.3 Å². The maximum Gasteiger partial charge on any atom is 0.303 e. The third-order valence-electron chi connectivity index (χ3n) is 9.01. The number of thioether (sulfide) groups is 2. The molecule has 4 aliphatic rings. The Morgan fingerprint density at radius 1 is 1.18 bits per heavy atom. The van der Waals surface area contributed by atoms with Gasteiger partial charge in [0.2, 0.25) is 0 Å². The monoisotopic (exact) mass is 496 g/mol. The Bertz CT molecular complexity index is 882. The van der Waals surface area contributed by atoms with Gasteiger partial charge in [-0.3, -0.25) is 9.59 Å². The van der Waals surface area contributed by atoms with Gasteiger partial charge in [0.1, 0.15) is 6.10 Å². The Balaban J connectivity index is 1.89. The van der Waals surface area contributed by atoms with Crippen molar-refractivity contribution in [1.29, 1.82) is 0 Å². The molecule has 7 atom stereocenters. The molecule has 0 bridgehead atoms. The Hall–Kier alpha value is -0.790. The number of carbonyl (C=O) groups is 2. The zero-order chi connectivity index (χ0) is 24.2. The summed E-state index contributed by atoms with van der Waals surface area (Å²) < 4.78 is 29.6. The number of ketones is 1. The van der Waals surface area contributed by atoms with Crippen LogP contribution >= 0.6 is 23.5 Å². The summed E-state index contributed by atoms with van der Waals surface area (Å²) in [6.07, 6.45) is 6.55. The van der Waals surface area contributed by atoms with Gasteiger partial charge in [-0.15, -0.1) is 23.5 Å². The third-order valence-corrected chi connectivity index (χ3v) is 12.6. The maximum atomic E-state index is 17.8. The van der Waals surface area contributed by atoms with Gasteiger partial charge in [-0.05, 0) is 62.2 Å². The fraction of sp³-hybridized carbons (Fsp3) is 0.769. The van der Waals surface area contributed by atoms with E-state index in [2.05, 4.69) is 20.8 Å². The average Bonchev–Trinajstić information content (AvgIpc) is 2.98. The van der Waals surface area contributed by atoms with Crippen LogP contribution in [0.4, 0.5) is 4.39 Å². The summed E-state index contributed by atoms with van der Waals surface area (Å²) in [7, 11) is 1.78. The lowest BCUT2D eigenvalue weighted by Gasteiger charge is -2.63. The van der Waals surface area contributed by atoms with Crippen molar-refractivity contribution in [2.45, 2.75) is 82.3 Å². The van der Waals surface area contributed by atoms with Crippen LogP contribution in [0.25, 0.3) is 0 Å². The normalized spacial score (nSPS) is 43.4. The topological polar surface area (TPSA) is 52.6 Å². The van der Waals surface area contributed by atoms with E-state index in [9.17, 15) is 9.59 Å². The molecule has 3 fully saturated rings. The zero-order valence-electron chi connectivity index (χ0n) is 20.6. The number of alkyl halides is 1. The number of hydrogen-bond acceptors (Lipinski definition) is 6. The first kappa shape index (κ1) is 25.3. The van der Waals surface area contributed by atoms with E-state index in [4.69, 9.17) is 9.47 Å². The Kier molecular flexibility index (Phi) is 6.67. The molecule has 0 saturated heterocycles. The number of rotatable bonds is 6. The standard InChI is InChI=1S/C26H37FO4S2/c1-7-32-26(33-8-2)21(30-6)14-20-19-10-9-17-13-18(29)11-12-23(17,4)25(19,27)22(31-16(3)28)15-24(20,26)5/h11-13,19-22H,7-10,14-15H2,1-6H3/t19-,20-,21+,22-,23-,24-,25-/m0/s1. The first-order chi connectivity index (χ1) is 15.5. The van der Waals surface area contributed by atoms with Crippen molar-refractivity contribution >= 4 is 35.3 Å². The van der Waals surface area contributed by atoms with Crippen LogP contribution in [0.2, 0.25) is 0 Å². The third kappa shape index (κ3) is 3.35. The molecule has 0 radical (unpaired) electrons. The van der Waals surface area contributed by atoms with E-state index in [-0.39, 0.29) is 33.2 Å². The van der Waals surface area contributed by atoms with Crippen LogP contribution < -0.4 is 0 Å². The minimum absolute atomic E-state index is 0.00375. The summed E-state index contributed by atoms with van der Waals surface area (Å²) >= 11 is 3.83. The van der Waals surface area contributed by atoms with E-state index in [0.29, 0.717) is 19.3 Å². The molecule has 0 aromatic heterocycles. The number of hydrogen-bond donors (Lipinski definition) is 0. The van der Waals surface area contributed by atoms with Crippen LogP contribution in [-0.4, -0.2) is 52.3 Å². The van der Waals surface area contributed by atoms with Crippen molar-refractivity contribution < 1.29 is 23.5 Å². The quantitative estimate of drug-likeness (QED) is 0.344. The molecule has 0 aromatic carbocycles. The number of allylic oxidation sites excluding steroid dienone is 4. The van der Waals surface area contributed by atoms with Gasteiger partial charge in [0, 0.05) is 30.8 Å². The first-order valence-electron chi connectivity index (χ1n) is 12.1. The number of fused-ring (bicyclic) bond motifs is 5. The molecule has 4 rings (SSSR count). The second-order valence-electron chi connectivity index (χ2n) is 10.3. The highest BCUT2D eigenvalue weighted by Gasteiger charge is 2.76. The summed E-state index contributed by atoms with van der Waals surface area (Å²) in [5, 5.41) is 0. The lowest BCUT2D eigenvalue weighted by Crippen LogP contribution is -2.68. The zero-order valence-corrected chi connectivity index (χ0v) is 22.2. The molecule has 0 N–H and O–H groups in total. The van der Waals surface area contributed by atoms with E-state index in [1.807, 2.05) is 30.4 Å². The summed E-state index contributed by atoms with van der Waals surface area (Å²) in [4.78, 5) is 24.4. The molecular formula is C26H37FO4S2. The molecule has 3 saturated carbocycles. The largest absolute Gasteiger partial charge is 0.459 e. The Morgan fingerprint density at radius 2 is 1.85 bits per heavy atom. The highest BCUT2D eigenvalue weighted by atomic mass is 32.2. The van der Waals surface area contributed by atoms with Gasteiger partial charge in [0.05, 0.1) is 10.2 Å². The van der Waals surface area contributed by atoms with E-state index < -0.39 is 23.2 Å². The van der Waals surface area contributed by atoms with Gasteiger partial charge < -0.3 is 9.47 Å². The number of esters is 1. The Labute approximate surface area is 205 Å². The molecule has 0 unspecified atom stereocenters. The SMILES string of the molecule is CCSC1(SCC)[C@H](OC)C[C@H]2[C@@H]3CCC4=CC(=O)C=C[C@]4(C)[C@@]3(F)[C@@H](OC(C)=O)C[C@@]21C. The van der Waals surface area contributed by atoms with E-state index in [1.54, 1.807) is 19.3 Å². The van der Waals surface area contributed by atoms with Crippen molar-refractivity contribution in [1.82, 2.24) is 0 Å². The first-order valence-corrected chi connectivity index (χ1v) is 14.1. The van der Waals surface area contributed by atoms with Crippen LogP contribution in [-0.2, 0) is 19.1 Å². The average molecular weight is 497 g/mol. The predicted molar refractivity (Wildman–Crippen MR) is 133 cm³/mol. The fourth-order valence-electron chi connectivity index (χ4n) is 7.68. The molecule has 0 heterocycles. The number of halogens is 1. The van der Waals surface area contributed by atoms with Crippen LogP contribution in [0.15, 0.2) is 23.8 Å². The summed E-state index contributed by atoms with van der Waals surface area (Å²) in [5.74, 6) is 1.15. The molecule has 0 spiro atoms. The van der Waals surface area contributed by atoms with E-state index in [1.165, 1.54) is 13.0 Å². The minimum Gasteiger partial charge on any atom is -0.459 e. The molecule has 0 aromatic rings. The van der Waals surface area contributed by atoms with Crippen molar-refractivity contribution in [3.63, 3.8) is 0 Å². The molecule has 33 heavy (non-hydrogen) atoms. The number of carbonyl (C=O) groups excluding carboxylic acids is 2. The number of ether oxygens (including phenoxy) is 2. The van der Waals surface area contributed by atoms with Crippen molar-refractivity contribution in [3.8, 4) is 0 Å². The van der Waals surface area contributed by atoms with E-state index in [0.717, 1.165) is 23.5 Å². The minimum atomic E-state index is -1.77. The molecule has 4 aliphatic carbocycles. The van der Waals surface area contributed by atoms with Crippen molar-refractivity contribution in [2.75, 3.05) is 18.6 Å². The maximum absolute atomic E-state index is 17.8. The van der Waals surface area contributed by atoms with Gasteiger partial charge in [0.15, 0.2) is 11.5 Å². The van der Waals surface area contributed by atoms with Gasteiger partial charge >= 0.3 is 5.97 Å². The van der Waals surface area contributed by atoms with Gasteiger partial charge in [-0.2, -0.15) is 0 Å².